The lowest BCUT2D eigenvalue weighted by Crippen LogP contribution is -2.37. The van der Waals surface area contributed by atoms with Crippen LogP contribution in [0, 0.1) is 0 Å². The van der Waals surface area contributed by atoms with Gasteiger partial charge >= 0.3 is 0 Å². The zero-order valence-electron chi connectivity index (χ0n) is 18.5. The lowest BCUT2D eigenvalue weighted by Gasteiger charge is -2.19. The summed E-state index contributed by atoms with van der Waals surface area (Å²) in [6.45, 7) is 0.343. The van der Waals surface area contributed by atoms with E-state index in [1.54, 1.807) is 24.4 Å². The van der Waals surface area contributed by atoms with Gasteiger partial charge in [-0.05, 0) is 57.8 Å². The molecule has 0 atom stereocenters. The highest BCUT2D eigenvalue weighted by atomic mass is 32.2. The molecule has 8 heteroatoms. The number of imide groups is 1. The van der Waals surface area contributed by atoms with Gasteiger partial charge in [-0.15, -0.1) is 0 Å². The summed E-state index contributed by atoms with van der Waals surface area (Å²) in [5.41, 5.74) is 3.96. The average molecular weight is 484 g/mol. The van der Waals surface area contributed by atoms with Gasteiger partial charge in [0.1, 0.15) is 0 Å². The Bertz CT molecular complexity index is 1620. The molecule has 1 aliphatic rings. The number of rotatable bonds is 5. The molecule has 0 fully saturated rings. The van der Waals surface area contributed by atoms with E-state index in [0.29, 0.717) is 23.2 Å². The fourth-order valence-corrected chi connectivity index (χ4v) is 4.60. The van der Waals surface area contributed by atoms with E-state index in [4.69, 9.17) is 5.14 Å². The van der Waals surface area contributed by atoms with Crippen molar-refractivity contribution in [2.24, 2.45) is 5.14 Å². The quantitative estimate of drug-likeness (QED) is 0.296. The molecule has 1 heterocycles. The van der Waals surface area contributed by atoms with Crippen LogP contribution in [0.3, 0.4) is 0 Å². The summed E-state index contributed by atoms with van der Waals surface area (Å²) < 4.78 is 22.8. The van der Waals surface area contributed by atoms with Crippen molar-refractivity contribution in [1.29, 1.82) is 0 Å². The molecule has 0 aliphatic carbocycles. The Hall–Kier alpha value is -4.27. The van der Waals surface area contributed by atoms with Gasteiger partial charge in [-0.3, -0.25) is 14.9 Å². The van der Waals surface area contributed by atoms with E-state index in [-0.39, 0.29) is 4.90 Å². The van der Waals surface area contributed by atoms with Gasteiger partial charge in [0.05, 0.1) is 10.5 Å². The first kappa shape index (κ1) is 22.5. The number of hydrogen-bond acceptors (Lipinski definition) is 5. The third-order valence-electron chi connectivity index (χ3n) is 5.91. The Labute approximate surface area is 202 Å². The standard InChI is InChI=1S/C27H21N3O4S/c28-35(33,34)22-10-5-17(6-11-22)15-29-16-25-24-14-21(9-12-23(24)26(31)30-27(25)32)20-8-7-18-3-1-2-4-19(18)13-20/h1-14,16,29H,15H2,(H2,28,33,34)(H,30,31,32). The molecule has 4 aromatic rings. The molecule has 0 spiro atoms. The number of fused-ring (bicyclic) bond motifs is 2. The first-order chi connectivity index (χ1) is 16.8. The number of carbonyl (C=O) groups excluding carboxylic acids is 2. The van der Waals surface area contributed by atoms with E-state index in [2.05, 4.69) is 16.7 Å². The molecule has 0 saturated carbocycles. The normalized spacial score (nSPS) is 14.6. The lowest BCUT2D eigenvalue weighted by molar-refractivity contribution is -0.114. The number of amides is 2. The Morgan fingerprint density at radius 3 is 2.20 bits per heavy atom. The molecule has 7 nitrogen and oxygen atoms in total. The molecule has 0 bridgehead atoms. The van der Waals surface area contributed by atoms with Crippen molar-refractivity contribution in [3.8, 4) is 11.1 Å². The van der Waals surface area contributed by atoms with Crippen LogP contribution in [0.25, 0.3) is 27.5 Å². The highest BCUT2D eigenvalue weighted by molar-refractivity contribution is 7.89. The highest BCUT2D eigenvalue weighted by Gasteiger charge is 2.27. The lowest BCUT2D eigenvalue weighted by atomic mass is 9.91. The number of nitrogens with two attached hydrogens (primary N) is 1. The molecular weight excluding hydrogens is 462 g/mol. The maximum Gasteiger partial charge on any atom is 0.260 e. The minimum absolute atomic E-state index is 0.0277. The van der Waals surface area contributed by atoms with E-state index in [1.807, 2.05) is 48.5 Å². The number of nitrogens with one attached hydrogen (secondary N) is 2. The Morgan fingerprint density at radius 1 is 0.771 bits per heavy atom. The maximum absolute atomic E-state index is 12.7. The van der Waals surface area contributed by atoms with Crippen LogP contribution in [-0.2, 0) is 21.4 Å². The van der Waals surface area contributed by atoms with Crippen LogP contribution in [0.15, 0.2) is 96.0 Å². The number of benzene rings is 4. The molecule has 5 rings (SSSR count). The van der Waals surface area contributed by atoms with Gasteiger partial charge in [-0.25, -0.2) is 13.6 Å². The predicted molar refractivity (Wildman–Crippen MR) is 134 cm³/mol. The SMILES string of the molecule is NS(=O)(=O)c1ccc(CNC=C2C(=O)NC(=O)c3ccc(-c4ccc5ccccc5c4)cc32)cc1. The van der Waals surface area contributed by atoms with Crippen molar-refractivity contribution >= 4 is 38.2 Å². The maximum atomic E-state index is 12.7. The van der Waals surface area contributed by atoms with Crippen molar-refractivity contribution in [1.82, 2.24) is 10.6 Å². The van der Waals surface area contributed by atoms with Crippen LogP contribution in [0.4, 0.5) is 0 Å². The molecule has 0 aromatic heterocycles. The van der Waals surface area contributed by atoms with Crippen LogP contribution in [-0.4, -0.2) is 20.2 Å². The molecule has 35 heavy (non-hydrogen) atoms. The molecular formula is C27H21N3O4S. The van der Waals surface area contributed by atoms with Gasteiger partial charge in [-0.2, -0.15) is 0 Å². The van der Waals surface area contributed by atoms with Crippen molar-refractivity contribution in [2.45, 2.75) is 11.4 Å². The summed E-state index contributed by atoms with van der Waals surface area (Å²) in [6, 6.07) is 25.8. The van der Waals surface area contributed by atoms with Gasteiger partial charge in [0, 0.05) is 23.9 Å². The van der Waals surface area contributed by atoms with Crippen LogP contribution in [0.2, 0.25) is 0 Å². The highest BCUT2D eigenvalue weighted by Crippen LogP contribution is 2.31. The number of carbonyl (C=O) groups is 2. The van der Waals surface area contributed by atoms with E-state index in [1.165, 1.54) is 12.1 Å². The zero-order valence-corrected chi connectivity index (χ0v) is 19.3. The third kappa shape index (κ3) is 4.57. The largest absolute Gasteiger partial charge is 0.386 e. The van der Waals surface area contributed by atoms with E-state index < -0.39 is 21.8 Å². The second kappa shape index (κ2) is 8.83. The van der Waals surface area contributed by atoms with Gasteiger partial charge in [-0.1, -0.05) is 54.6 Å². The van der Waals surface area contributed by atoms with Gasteiger partial charge in [0.25, 0.3) is 11.8 Å². The number of hydrogen-bond donors (Lipinski definition) is 3. The molecule has 0 radical (unpaired) electrons. The molecule has 1 aliphatic heterocycles. The first-order valence-electron chi connectivity index (χ1n) is 10.8. The number of primary sulfonamides is 1. The minimum atomic E-state index is -3.76. The first-order valence-corrected chi connectivity index (χ1v) is 12.4. The summed E-state index contributed by atoms with van der Waals surface area (Å²) in [5, 5.41) is 12.8. The van der Waals surface area contributed by atoms with Crippen LogP contribution >= 0.6 is 0 Å². The van der Waals surface area contributed by atoms with Crippen molar-refractivity contribution in [3.05, 3.63) is 108 Å². The Balaban J connectivity index is 1.45. The fourth-order valence-electron chi connectivity index (χ4n) is 4.08. The molecule has 0 saturated heterocycles. The monoisotopic (exact) mass is 483 g/mol. The van der Waals surface area contributed by atoms with E-state index in [0.717, 1.165) is 27.5 Å². The Morgan fingerprint density at radius 2 is 1.46 bits per heavy atom. The van der Waals surface area contributed by atoms with E-state index >= 15 is 0 Å². The third-order valence-corrected chi connectivity index (χ3v) is 6.84. The molecule has 4 N–H and O–H groups in total. The molecule has 0 unspecified atom stereocenters. The smallest absolute Gasteiger partial charge is 0.260 e. The van der Waals surface area contributed by atoms with Crippen LogP contribution < -0.4 is 15.8 Å². The second-order valence-corrected chi connectivity index (χ2v) is 9.79. The summed E-state index contributed by atoms with van der Waals surface area (Å²) in [7, 11) is -3.76. The Kier molecular flexibility index (Phi) is 5.68. The minimum Gasteiger partial charge on any atom is -0.386 e. The van der Waals surface area contributed by atoms with Gasteiger partial charge in [0.2, 0.25) is 10.0 Å². The van der Waals surface area contributed by atoms with Crippen LogP contribution in [0.5, 0.6) is 0 Å². The van der Waals surface area contributed by atoms with E-state index in [9.17, 15) is 18.0 Å². The summed E-state index contributed by atoms with van der Waals surface area (Å²) in [5.74, 6) is -0.930. The van der Waals surface area contributed by atoms with Crippen molar-refractivity contribution in [3.63, 3.8) is 0 Å². The van der Waals surface area contributed by atoms with Crippen molar-refractivity contribution < 1.29 is 18.0 Å². The zero-order chi connectivity index (χ0) is 24.6. The van der Waals surface area contributed by atoms with Gasteiger partial charge < -0.3 is 5.32 Å². The predicted octanol–water partition coefficient (Wildman–Crippen LogP) is 3.55. The number of sulfonamides is 1. The van der Waals surface area contributed by atoms with Crippen molar-refractivity contribution in [2.75, 3.05) is 0 Å². The fraction of sp³-hybridized carbons (Fsp3) is 0.0370. The summed E-state index contributed by atoms with van der Waals surface area (Å²) >= 11 is 0. The molecule has 174 valence electrons. The summed E-state index contributed by atoms with van der Waals surface area (Å²) in [4.78, 5) is 25.1. The second-order valence-electron chi connectivity index (χ2n) is 8.23. The van der Waals surface area contributed by atoms with Crippen LogP contribution in [0.1, 0.15) is 21.5 Å². The molecule has 2 amide bonds. The molecule has 4 aromatic carbocycles. The summed E-state index contributed by atoms with van der Waals surface area (Å²) in [6.07, 6.45) is 1.57. The average Bonchev–Trinajstić information content (AvgIpc) is 2.85. The topological polar surface area (TPSA) is 118 Å². The van der Waals surface area contributed by atoms with Gasteiger partial charge in [0.15, 0.2) is 0 Å².